The number of aryl methyl sites for hydroxylation is 2. The first-order valence-corrected chi connectivity index (χ1v) is 10.5. The molecule has 1 aliphatic heterocycles. The molecule has 0 aliphatic carbocycles. The molecule has 0 amide bonds. The molecule has 1 atom stereocenters. The first-order chi connectivity index (χ1) is 12.9. The Hall–Kier alpha value is -2.02. The monoisotopic (exact) mass is 417 g/mol. The molecule has 4 nitrogen and oxygen atoms in total. The van der Waals surface area contributed by atoms with Crippen molar-refractivity contribution in [1.82, 2.24) is 4.57 Å². The fourth-order valence-corrected chi connectivity index (χ4v) is 6.32. The fourth-order valence-electron chi connectivity index (χ4n) is 3.55. The number of halogens is 1. The molecular formula is C20H16ClNO3S2. The summed E-state index contributed by atoms with van der Waals surface area (Å²) < 4.78 is 1.90. The highest BCUT2D eigenvalue weighted by atomic mass is 35.5. The van der Waals surface area contributed by atoms with Crippen LogP contribution in [0.15, 0.2) is 45.4 Å². The van der Waals surface area contributed by atoms with Crippen LogP contribution in [0.25, 0.3) is 5.69 Å². The number of carbonyl (C=O) groups is 1. The minimum absolute atomic E-state index is 0.00951. The number of hydrogen-bond donors (Lipinski definition) is 1. The van der Waals surface area contributed by atoms with Gasteiger partial charge in [-0.15, -0.1) is 23.1 Å². The summed E-state index contributed by atoms with van der Waals surface area (Å²) in [7, 11) is 0. The summed E-state index contributed by atoms with van der Waals surface area (Å²) in [4.78, 5) is 26.5. The molecule has 0 radical (unpaired) electrons. The van der Waals surface area contributed by atoms with E-state index in [1.165, 1.54) is 16.5 Å². The van der Waals surface area contributed by atoms with Crippen molar-refractivity contribution < 1.29 is 9.90 Å². The predicted octanol–water partition coefficient (Wildman–Crippen LogP) is 5.26. The van der Waals surface area contributed by atoms with Crippen LogP contribution in [0.4, 0.5) is 0 Å². The summed E-state index contributed by atoms with van der Waals surface area (Å²) in [5.74, 6) is -1.19. The minimum atomic E-state index is -1.19. The van der Waals surface area contributed by atoms with Gasteiger partial charge in [-0.3, -0.25) is 4.79 Å². The van der Waals surface area contributed by atoms with E-state index >= 15 is 0 Å². The molecule has 0 spiro atoms. The molecule has 1 N–H and O–H groups in total. The molecule has 4 rings (SSSR count). The summed E-state index contributed by atoms with van der Waals surface area (Å²) in [6, 6.07) is 9.05. The zero-order valence-corrected chi connectivity index (χ0v) is 17.0. The second kappa shape index (κ2) is 6.86. The first kappa shape index (κ1) is 18.3. The van der Waals surface area contributed by atoms with Gasteiger partial charge >= 0.3 is 5.97 Å². The van der Waals surface area contributed by atoms with E-state index in [0.717, 1.165) is 10.6 Å². The average molecular weight is 418 g/mol. The smallest absolute Gasteiger partial charge is 0.341 e. The zero-order valence-electron chi connectivity index (χ0n) is 14.7. The van der Waals surface area contributed by atoms with Crippen molar-refractivity contribution in [2.24, 2.45) is 0 Å². The van der Waals surface area contributed by atoms with Gasteiger partial charge in [0.2, 0.25) is 0 Å². The molecular weight excluding hydrogens is 402 g/mol. The SMILES string of the molecule is Cc1ccsc1[C@@H]1Cc2c(C(=O)O)c(=O)cc(C)n2-c2ccc(Cl)cc2S1. The number of nitrogens with zero attached hydrogens (tertiary/aromatic N) is 1. The molecule has 0 unspecified atom stereocenters. The van der Waals surface area contributed by atoms with E-state index in [2.05, 4.69) is 13.0 Å². The van der Waals surface area contributed by atoms with Crippen LogP contribution in [0, 0.1) is 13.8 Å². The second-order valence-electron chi connectivity index (χ2n) is 6.50. The molecule has 0 saturated heterocycles. The summed E-state index contributed by atoms with van der Waals surface area (Å²) in [6.07, 6.45) is 0.455. The number of pyridine rings is 1. The van der Waals surface area contributed by atoms with Gasteiger partial charge in [-0.2, -0.15) is 0 Å². The van der Waals surface area contributed by atoms with Gasteiger partial charge in [0.05, 0.1) is 5.69 Å². The number of hydrogen-bond acceptors (Lipinski definition) is 4. The van der Waals surface area contributed by atoms with Crippen molar-refractivity contribution in [1.29, 1.82) is 0 Å². The third-order valence-electron chi connectivity index (χ3n) is 4.72. The first-order valence-electron chi connectivity index (χ1n) is 8.36. The van der Waals surface area contributed by atoms with E-state index in [-0.39, 0.29) is 10.8 Å². The molecule has 3 heterocycles. The van der Waals surface area contributed by atoms with Crippen LogP contribution < -0.4 is 5.43 Å². The van der Waals surface area contributed by atoms with Crippen LogP contribution in [0.5, 0.6) is 0 Å². The summed E-state index contributed by atoms with van der Waals surface area (Å²) in [6.45, 7) is 3.88. The van der Waals surface area contributed by atoms with Crippen molar-refractivity contribution in [3.05, 3.63) is 78.3 Å². The number of fused-ring (bicyclic) bond motifs is 3. The highest BCUT2D eigenvalue weighted by Gasteiger charge is 2.30. The largest absolute Gasteiger partial charge is 0.477 e. The minimum Gasteiger partial charge on any atom is -0.477 e. The van der Waals surface area contributed by atoms with Gasteiger partial charge in [0.15, 0.2) is 5.43 Å². The maximum absolute atomic E-state index is 12.5. The van der Waals surface area contributed by atoms with Crippen molar-refractivity contribution in [3.8, 4) is 5.69 Å². The zero-order chi connectivity index (χ0) is 19.3. The number of carboxylic acids is 1. The molecule has 1 aliphatic rings. The molecule has 27 heavy (non-hydrogen) atoms. The van der Waals surface area contributed by atoms with E-state index < -0.39 is 11.4 Å². The van der Waals surface area contributed by atoms with Crippen LogP contribution >= 0.6 is 34.7 Å². The van der Waals surface area contributed by atoms with E-state index in [9.17, 15) is 14.7 Å². The van der Waals surface area contributed by atoms with Crippen LogP contribution in [0.1, 0.15) is 37.4 Å². The van der Waals surface area contributed by atoms with Crippen molar-refractivity contribution in [2.75, 3.05) is 0 Å². The molecule has 7 heteroatoms. The van der Waals surface area contributed by atoms with Crippen LogP contribution in [-0.4, -0.2) is 15.6 Å². The van der Waals surface area contributed by atoms with Crippen LogP contribution in [0.2, 0.25) is 5.02 Å². The van der Waals surface area contributed by atoms with Crippen LogP contribution in [-0.2, 0) is 6.42 Å². The Morgan fingerprint density at radius 3 is 2.70 bits per heavy atom. The topological polar surface area (TPSA) is 59.3 Å². The number of rotatable bonds is 2. The number of aromatic carboxylic acids is 1. The lowest BCUT2D eigenvalue weighted by molar-refractivity contribution is 0.0693. The number of benzene rings is 1. The Bertz CT molecular complexity index is 1130. The third-order valence-corrected chi connectivity index (χ3v) is 7.50. The lowest BCUT2D eigenvalue weighted by Crippen LogP contribution is -2.24. The molecule has 0 bridgehead atoms. The Morgan fingerprint density at radius 2 is 2.04 bits per heavy atom. The molecule has 1 aromatic carbocycles. The van der Waals surface area contributed by atoms with Gasteiger partial charge in [-0.05, 0) is 49.1 Å². The molecule has 0 fully saturated rings. The quantitative estimate of drug-likeness (QED) is 0.618. The van der Waals surface area contributed by atoms with Crippen molar-refractivity contribution in [2.45, 2.75) is 30.4 Å². The van der Waals surface area contributed by atoms with Gasteiger partial charge < -0.3 is 9.67 Å². The Morgan fingerprint density at radius 1 is 1.26 bits per heavy atom. The highest BCUT2D eigenvalue weighted by molar-refractivity contribution is 7.99. The van der Waals surface area contributed by atoms with E-state index in [1.54, 1.807) is 29.2 Å². The van der Waals surface area contributed by atoms with E-state index in [4.69, 9.17) is 11.6 Å². The fraction of sp³-hybridized carbons (Fsp3) is 0.200. The van der Waals surface area contributed by atoms with Crippen molar-refractivity contribution in [3.63, 3.8) is 0 Å². The summed E-state index contributed by atoms with van der Waals surface area (Å²) >= 11 is 9.56. The lowest BCUT2D eigenvalue weighted by Gasteiger charge is -2.18. The Labute approximate surface area is 169 Å². The normalized spacial score (nSPS) is 15.7. The van der Waals surface area contributed by atoms with Gasteiger partial charge in [-0.25, -0.2) is 4.79 Å². The summed E-state index contributed by atoms with van der Waals surface area (Å²) in [5.41, 5.74) is 2.68. The molecule has 3 aromatic rings. The lowest BCUT2D eigenvalue weighted by atomic mass is 10.0. The van der Waals surface area contributed by atoms with E-state index in [0.29, 0.717) is 22.8 Å². The Balaban J connectivity index is 2.06. The molecule has 138 valence electrons. The highest BCUT2D eigenvalue weighted by Crippen LogP contribution is 2.47. The van der Waals surface area contributed by atoms with Gasteiger partial charge in [0.25, 0.3) is 0 Å². The van der Waals surface area contributed by atoms with E-state index in [1.807, 2.05) is 29.0 Å². The number of thiophene rings is 1. The van der Waals surface area contributed by atoms with Gasteiger partial charge in [-0.1, -0.05) is 11.6 Å². The summed E-state index contributed by atoms with van der Waals surface area (Å²) in [5, 5.41) is 12.4. The van der Waals surface area contributed by atoms with Gasteiger partial charge in [0.1, 0.15) is 5.56 Å². The predicted molar refractivity (Wildman–Crippen MR) is 110 cm³/mol. The average Bonchev–Trinajstić information content (AvgIpc) is 2.93. The Kier molecular flexibility index (Phi) is 4.66. The number of thioether (sulfide) groups is 1. The molecule has 2 aromatic heterocycles. The van der Waals surface area contributed by atoms with Crippen LogP contribution in [0.3, 0.4) is 0 Å². The molecule has 0 saturated carbocycles. The number of aromatic nitrogens is 1. The second-order valence-corrected chi connectivity index (χ2v) is 9.13. The van der Waals surface area contributed by atoms with Crippen molar-refractivity contribution >= 4 is 40.7 Å². The number of carboxylic acid groups (broad SMARTS) is 1. The van der Waals surface area contributed by atoms with Gasteiger partial charge in [0, 0.05) is 43.9 Å². The maximum Gasteiger partial charge on any atom is 0.341 e. The maximum atomic E-state index is 12.5. The standard InChI is InChI=1S/C20H16ClNO3S2/c1-10-5-6-26-19(10)17-9-14-18(20(24)25)15(23)7-11(2)22(14)13-4-3-12(21)8-16(13)27-17/h3-8,17H,9H2,1-2H3,(H,24,25)/t17-/m0/s1. The third kappa shape index (κ3) is 3.12.